The average molecular weight is 264 g/mol. The van der Waals surface area contributed by atoms with E-state index in [0.717, 1.165) is 31.7 Å². The molecule has 0 saturated heterocycles. The van der Waals surface area contributed by atoms with Crippen molar-refractivity contribution < 1.29 is 4.79 Å². The molecule has 1 aliphatic rings. The van der Waals surface area contributed by atoms with Gasteiger partial charge in [0.25, 0.3) is 5.91 Å². The van der Waals surface area contributed by atoms with E-state index in [2.05, 4.69) is 30.8 Å². The summed E-state index contributed by atoms with van der Waals surface area (Å²) in [5.74, 6) is -0.0251. The Bertz CT molecular complexity index is 470. The topological polar surface area (TPSA) is 41.4 Å². The summed E-state index contributed by atoms with van der Waals surface area (Å²) < 4.78 is 1.99. The maximum absolute atomic E-state index is 12.0. The fraction of sp³-hybridized carbons (Fsp3) is 0.714. The van der Waals surface area contributed by atoms with E-state index in [4.69, 9.17) is 0 Å². The molecule has 2 heterocycles. The van der Waals surface area contributed by atoms with E-state index >= 15 is 0 Å². The summed E-state index contributed by atoms with van der Waals surface area (Å²) in [4.78, 5) is 16.0. The summed E-state index contributed by atoms with van der Waals surface area (Å²) in [7, 11) is 3.52. The summed E-state index contributed by atoms with van der Waals surface area (Å²) in [6.07, 6.45) is 1.07. The molecule has 0 aromatic carbocycles. The summed E-state index contributed by atoms with van der Waals surface area (Å²) in [6, 6.07) is 1.94. The van der Waals surface area contributed by atoms with Crippen LogP contribution in [-0.4, -0.2) is 51.7 Å². The second kappa shape index (κ2) is 4.96. The standard InChI is InChI=1S/C14H24N4O/c1-14(2,3)17-7-6-8-18-11(10-17)9-12(15-18)13(19)16(4)5/h9H,6-8,10H2,1-5H3. The number of carbonyl (C=O) groups is 1. The number of aryl methyl sites for hydroxylation is 1. The van der Waals surface area contributed by atoms with Crippen molar-refractivity contribution in [1.82, 2.24) is 19.6 Å². The van der Waals surface area contributed by atoms with Crippen molar-refractivity contribution in [3.8, 4) is 0 Å². The van der Waals surface area contributed by atoms with Gasteiger partial charge in [-0.15, -0.1) is 0 Å². The first-order valence-corrected chi connectivity index (χ1v) is 6.82. The molecule has 0 aliphatic carbocycles. The summed E-state index contributed by atoms with van der Waals surface area (Å²) in [6.45, 7) is 9.50. The molecule has 1 aliphatic heterocycles. The number of carbonyl (C=O) groups excluding carboxylic acids is 1. The summed E-state index contributed by atoms with van der Waals surface area (Å²) in [5, 5.41) is 4.45. The van der Waals surface area contributed by atoms with Gasteiger partial charge in [0.1, 0.15) is 0 Å². The van der Waals surface area contributed by atoms with E-state index in [1.807, 2.05) is 10.7 Å². The van der Waals surface area contributed by atoms with Crippen LogP contribution in [0.15, 0.2) is 6.07 Å². The third kappa shape index (κ3) is 2.97. The molecule has 0 atom stereocenters. The van der Waals surface area contributed by atoms with Crippen molar-refractivity contribution in [2.45, 2.75) is 45.8 Å². The van der Waals surface area contributed by atoms with E-state index in [9.17, 15) is 4.79 Å². The van der Waals surface area contributed by atoms with Gasteiger partial charge in [-0.1, -0.05) is 0 Å². The molecule has 0 fully saturated rings. The van der Waals surface area contributed by atoms with Crippen molar-refractivity contribution in [1.29, 1.82) is 0 Å². The molecule has 0 spiro atoms. The molecule has 1 amide bonds. The molecule has 1 aromatic rings. The Hall–Kier alpha value is -1.36. The van der Waals surface area contributed by atoms with Gasteiger partial charge in [-0.2, -0.15) is 5.10 Å². The van der Waals surface area contributed by atoms with Crippen LogP contribution in [0, 0.1) is 0 Å². The van der Waals surface area contributed by atoms with Gasteiger partial charge in [0.15, 0.2) is 5.69 Å². The third-order valence-electron chi connectivity index (χ3n) is 3.59. The predicted molar refractivity (Wildman–Crippen MR) is 75.0 cm³/mol. The van der Waals surface area contributed by atoms with Crippen molar-refractivity contribution in [2.75, 3.05) is 20.6 Å². The fourth-order valence-electron chi connectivity index (χ4n) is 2.37. The van der Waals surface area contributed by atoms with E-state index in [1.54, 1.807) is 19.0 Å². The highest BCUT2D eigenvalue weighted by molar-refractivity contribution is 5.92. The third-order valence-corrected chi connectivity index (χ3v) is 3.59. The van der Waals surface area contributed by atoms with E-state index in [-0.39, 0.29) is 11.4 Å². The first-order valence-electron chi connectivity index (χ1n) is 6.82. The van der Waals surface area contributed by atoms with Crippen LogP contribution >= 0.6 is 0 Å². The molecule has 5 heteroatoms. The van der Waals surface area contributed by atoms with E-state index in [1.165, 1.54) is 0 Å². The van der Waals surface area contributed by atoms with Gasteiger partial charge >= 0.3 is 0 Å². The Kier molecular flexibility index (Phi) is 3.67. The smallest absolute Gasteiger partial charge is 0.273 e. The predicted octanol–water partition coefficient (Wildman–Crippen LogP) is 1.59. The lowest BCUT2D eigenvalue weighted by Crippen LogP contribution is -2.40. The number of aromatic nitrogens is 2. The Balaban J connectivity index is 2.26. The van der Waals surface area contributed by atoms with Gasteiger partial charge in [-0.3, -0.25) is 14.4 Å². The zero-order valence-corrected chi connectivity index (χ0v) is 12.6. The molecular weight excluding hydrogens is 240 g/mol. The van der Waals surface area contributed by atoms with Crippen LogP contribution in [0.4, 0.5) is 0 Å². The SMILES string of the molecule is CN(C)C(=O)c1cc2n(n1)CCCN(C(C)(C)C)C2. The minimum Gasteiger partial charge on any atom is -0.343 e. The summed E-state index contributed by atoms with van der Waals surface area (Å²) in [5.41, 5.74) is 1.83. The van der Waals surface area contributed by atoms with E-state index in [0.29, 0.717) is 5.69 Å². The number of amides is 1. The molecule has 106 valence electrons. The average Bonchev–Trinajstić information content (AvgIpc) is 2.58. The van der Waals surface area contributed by atoms with Gasteiger partial charge in [-0.05, 0) is 33.3 Å². The first-order chi connectivity index (χ1) is 8.79. The van der Waals surface area contributed by atoms with Crippen LogP contribution in [0.5, 0.6) is 0 Å². The number of hydrogen-bond donors (Lipinski definition) is 0. The van der Waals surface area contributed by atoms with Crippen molar-refractivity contribution in [3.63, 3.8) is 0 Å². The Morgan fingerprint density at radius 2 is 2.00 bits per heavy atom. The highest BCUT2D eigenvalue weighted by atomic mass is 16.2. The van der Waals surface area contributed by atoms with Gasteiger partial charge in [0, 0.05) is 39.3 Å². The van der Waals surface area contributed by atoms with Gasteiger partial charge in [0.05, 0.1) is 5.69 Å². The Morgan fingerprint density at radius 1 is 1.32 bits per heavy atom. The second-order valence-corrected chi connectivity index (χ2v) is 6.39. The Morgan fingerprint density at radius 3 is 2.58 bits per heavy atom. The van der Waals surface area contributed by atoms with Crippen LogP contribution in [0.25, 0.3) is 0 Å². The minimum absolute atomic E-state index is 0.0251. The molecule has 0 radical (unpaired) electrons. The molecule has 0 saturated carbocycles. The van der Waals surface area contributed by atoms with Crippen molar-refractivity contribution in [2.24, 2.45) is 0 Å². The van der Waals surface area contributed by atoms with E-state index < -0.39 is 0 Å². The molecule has 0 bridgehead atoms. The molecule has 5 nitrogen and oxygen atoms in total. The molecule has 2 rings (SSSR count). The number of rotatable bonds is 1. The highest BCUT2D eigenvalue weighted by Crippen LogP contribution is 2.21. The number of fused-ring (bicyclic) bond motifs is 1. The highest BCUT2D eigenvalue weighted by Gasteiger charge is 2.26. The van der Waals surface area contributed by atoms with Crippen LogP contribution in [0.3, 0.4) is 0 Å². The van der Waals surface area contributed by atoms with Gasteiger partial charge < -0.3 is 4.90 Å². The number of nitrogens with zero attached hydrogens (tertiary/aromatic N) is 4. The summed E-state index contributed by atoms with van der Waals surface area (Å²) >= 11 is 0. The quantitative estimate of drug-likeness (QED) is 0.773. The second-order valence-electron chi connectivity index (χ2n) is 6.39. The van der Waals surface area contributed by atoms with Crippen LogP contribution in [0.2, 0.25) is 0 Å². The first kappa shape index (κ1) is 14.1. The molecule has 1 aromatic heterocycles. The maximum atomic E-state index is 12.0. The molecule has 19 heavy (non-hydrogen) atoms. The van der Waals surface area contributed by atoms with Gasteiger partial charge in [-0.25, -0.2) is 0 Å². The lowest BCUT2D eigenvalue weighted by molar-refractivity contribution is 0.0821. The zero-order valence-electron chi connectivity index (χ0n) is 12.6. The zero-order chi connectivity index (χ0) is 14.2. The Labute approximate surface area is 115 Å². The van der Waals surface area contributed by atoms with Crippen LogP contribution < -0.4 is 0 Å². The molecule has 0 unspecified atom stereocenters. The normalized spacial score (nSPS) is 16.9. The van der Waals surface area contributed by atoms with Gasteiger partial charge in [0.2, 0.25) is 0 Å². The fourth-order valence-corrected chi connectivity index (χ4v) is 2.37. The van der Waals surface area contributed by atoms with Crippen molar-refractivity contribution >= 4 is 5.91 Å². The van der Waals surface area contributed by atoms with Crippen molar-refractivity contribution in [3.05, 3.63) is 17.5 Å². The largest absolute Gasteiger partial charge is 0.343 e. The molecule has 0 N–H and O–H groups in total. The number of hydrogen-bond acceptors (Lipinski definition) is 3. The lowest BCUT2D eigenvalue weighted by Gasteiger charge is -2.34. The maximum Gasteiger partial charge on any atom is 0.273 e. The lowest BCUT2D eigenvalue weighted by atomic mass is 10.1. The van der Waals surface area contributed by atoms with Crippen LogP contribution in [-0.2, 0) is 13.1 Å². The molecular formula is C14H24N4O. The minimum atomic E-state index is -0.0251. The van der Waals surface area contributed by atoms with Crippen LogP contribution in [0.1, 0.15) is 43.4 Å². The monoisotopic (exact) mass is 264 g/mol.